The Morgan fingerprint density at radius 3 is 1.91 bits per heavy atom. The van der Waals surface area contributed by atoms with Crippen molar-refractivity contribution in [2.75, 3.05) is 13.1 Å². The highest BCUT2D eigenvalue weighted by Gasteiger charge is 2.19. The van der Waals surface area contributed by atoms with Crippen molar-refractivity contribution in [2.45, 2.75) is 47.1 Å². The van der Waals surface area contributed by atoms with Crippen LogP contribution in [0.2, 0.25) is 0 Å². The van der Waals surface area contributed by atoms with E-state index in [-0.39, 0.29) is 17.4 Å². The molecule has 172 valence electrons. The molecule has 0 aromatic heterocycles. The van der Waals surface area contributed by atoms with Gasteiger partial charge >= 0.3 is 0 Å². The minimum atomic E-state index is -0.370. The van der Waals surface area contributed by atoms with Gasteiger partial charge < -0.3 is 15.4 Å². The lowest BCUT2D eigenvalue weighted by atomic mass is 10.1. The van der Waals surface area contributed by atoms with Crippen LogP contribution in [0.4, 0.5) is 0 Å². The maximum Gasteiger partial charge on any atom is 0.256 e. The highest BCUT2D eigenvalue weighted by atomic mass is 16.5. The zero-order valence-electron chi connectivity index (χ0n) is 19.7. The molecular weight excluding hydrogens is 400 g/mol. The monoisotopic (exact) mass is 436 g/mol. The average molecular weight is 437 g/mol. The van der Waals surface area contributed by atoms with E-state index in [0.29, 0.717) is 42.8 Å². The standard InChI is InChI=1S/C27H36N2O3/c1-20(2)14-16-28-26(30)24(27(31)29-17-15-21(3)4)18-23-12-8-9-13-25(23)32-19-22-10-6-5-7-11-22/h5-13,18,20-21H,14-17,19H2,1-4H3,(H,28,30)(H,29,31). The number of carbonyl (C=O) groups excluding carboxylic acids is 2. The highest BCUT2D eigenvalue weighted by molar-refractivity contribution is 6.21. The first-order valence-electron chi connectivity index (χ1n) is 11.4. The fourth-order valence-corrected chi connectivity index (χ4v) is 3.00. The third kappa shape index (κ3) is 8.96. The molecule has 2 amide bonds. The lowest BCUT2D eigenvalue weighted by molar-refractivity contribution is -0.123. The van der Waals surface area contributed by atoms with Crippen LogP contribution in [-0.2, 0) is 16.2 Å². The molecule has 0 atom stereocenters. The number of para-hydroxylation sites is 1. The summed E-state index contributed by atoms with van der Waals surface area (Å²) in [5.41, 5.74) is 1.83. The van der Waals surface area contributed by atoms with E-state index in [4.69, 9.17) is 4.74 Å². The summed E-state index contributed by atoms with van der Waals surface area (Å²) in [7, 11) is 0. The molecule has 5 nitrogen and oxygen atoms in total. The normalized spacial score (nSPS) is 10.7. The topological polar surface area (TPSA) is 67.4 Å². The van der Waals surface area contributed by atoms with E-state index >= 15 is 0 Å². The van der Waals surface area contributed by atoms with Gasteiger partial charge in [-0.3, -0.25) is 9.59 Å². The average Bonchev–Trinajstić information content (AvgIpc) is 2.76. The second-order valence-electron chi connectivity index (χ2n) is 8.75. The first-order valence-corrected chi connectivity index (χ1v) is 11.4. The molecule has 5 heteroatoms. The lowest BCUT2D eigenvalue weighted by Crippen LogP contribution is -2.36. The van der Waals surface area contributed by atoms with Crippen LogP contribution in [0.3, 0.4) is 0 Å². The van der Waals surface area contributed by atoms with Gasteiger partial charge in [0.25, 0.3) is 11.8 Å². The van der Waals surface area contributed by atoms with Crippen molar-refractivity contribution in [1.82, 2.24) is 10.6 Å². The van der Waals surface area contributed by atoms with E-state index in [2.05, 4.69) is 38.3 Å². The van der Waals surface area contributed by atoms with E-state index in [0.717, 1.165) is 18.4 Å². The fourth-order valence-electron chi connectivity index (χ4n) is 3.00. The Kier molecular flexibility index (Phi) is 10.5. The molecule has 0 saturated heterocycles. The predicted octanol–water partition coefficient (Wildman–Crippen LogP) is 4.97. The molecule has 0 fully saturated rings. The van der Waals surface area contributed by atoms with Gasteiger partial charge in [-0.25, -0.2) is 0 Å². The largest absolute Gasteiger partial charge is 0.488 e. The lowest BCUT2D eigenvalue weighted by Gasteiger charge is -2.13. The number of benzene rings is 2. The van der Waals surface area contributed by atoms with E-state index < -0.39 is 0 Å². The summed E-state index contributed by atoms with van der Waals surface area (Å²) in [5.74, 6) is 0.819. The first kappa shape index (κ1) is 25.2. The van der Waals surface area contributed by atoms with E-state index in [1.165, 1.54) is 0 Å². The number of rotatable bonds is 12. The van der Waals surface area contributed by atoms with Crippen LogP contribution in [0.15, 0.2) is 60.2 Å². The molecule has 32 heavy (non-hydrogen) atoms. The molecule has 0 unspecified atom stereocenters. The zero-order chi connectivity index (χ0) is 23.3. The van der Waals surface area contributed by atoms with Gasteiger partial charge in [-0.05, 0) is 42.4 Å². The van der Waals surface area contributed by atoms with Crippen LogP contribution < -0.4 is 15.4 Å². The summed E-state index contributed by atoms with van der Waals surface area (Å²) < 4.78 is 6.00. The second-order valence-corrected chi connectivity index (χ2v) is 8.75. The smallest absolute Gasteiger partial charge is 0.256 e. The Morgan fingerprint density at radius 2 is 1.34 bits per heavy atom. The number of nitrogens with one attached hydrogen (secondary N) is 2. The van der Waals surface area contributed by atoms with Crippen LogP contribution in [0.25, 0.3) is 6.08 Å². The molecule has 0 saturated carbocycles. The summed E-state index contributed by atoms with van der Waals surface area (Å²) in [4.78, 5) is 25.8. The molecule has 0 aliphatic rings. The summed E-state index contributed by atoms with van der Waals surface area (Å²) in [6.07, 6.45) is 3.32. The van der Waals surface area contributed by atoms with Gasteiger partial charge in [0.15, 0.2) is 0 Å². The number of hydrogen-bond donors (Lipinski definition) is 2. The number of amides is 2. The van der Waals surface area contributed by atoms with Crippen molar-refractivity contribution in [1.29, 1.82) is 0 Å². The van der Waals surface area contributed by atoms with Gasteiger partial charge in [0, 0.05) is 18.7 Å². The van der Waals surface area contributed by atoms with Gasteiger partial charge in [0.2, 0.25) is 0 Å². The van der Waals surface area contributed by atoms with Crippen molar-refractivity contribution < 1.29 is 14.3 Å². The highest BCUT2D eigenvalue weighted by Crippen LogP contribution is 2.22. The Labute approximate surface area is 192 Å². The van der Waals surface area contributed by atoms with Crippen LogP contribution >= 0.6 is 0 Å². The van der Waals surface area contributed by atoms with Gasteiger partial charge in [0.1, 0.15) is 17.9 Å². The third-order valence-electron chi connectivity index (χ3n) is 4.96. The summed E-state index contributed by atoms with van der Waals surface area (Å²) in [6, 6.07) is 17.3. The first-order chi connectivity index (χ1) is 15.4. The Balaban J connectivity index is 2.22. The van der Waals surface area contributed by atoms with E-state index in [1.54, 1.807) is 6.08 Å². The fraction of sp³-hybridized carbons (Fsp3) is 0.407. The van der Waals surface area contributed by atoms with Crippen molar-refractivity contribution in [3.8, 4) is 5.75 Å². The molecule has 2 aromatic carbocycles. The summed E-state index contributed by atoms with van der Waals surface area (Å²) >= 11 is 0. The number of hydrogen-bond acceptors (Lipinski definition) is 3. The van der Waals surface area contributed by atoms with Crippen LogP contribution in [0.5, 0.6) is 5.75 Å². The molecule has 0 aliphatic heterocycles. The van der Waals surface area contributed by atoms with Crippen molar-refractivity contribution in [3.05, 3.63) is 71.3 Å². The molecule has 2 N–H and O–H groups in total. The molecule has 0 spiro atoms. The van der Waals surface area contributed by atoms with Crippen LogP contribution in [0, 0.1) is 11.8 Å². The van der Waals surface area contributed by atoms with Crippen LogP contribution in [0.1, 0.15) is 51.7 Å². The SMILES string of the molecule is CC(C)CCNC(=O)C(=Cc1ccccc1OCc1ccccc1)C(=O)NCCC(C)C. The minimum Gasteiger partial charge on any atom is -0.488 e. The quantitative estimate of drug-likeness (QED) is 0.280. The molecule has 2 aromatic rings. The summed E-state index contributed by atoms with van der Waals surface area (Å²) in [6.45, 7) is 9.86. The van der Waals surface area contributed by atoms with Gasteiger partial charge in [-0.2, -0.15) is 0 Å². The third-order valence-corrected chi connectivity index (χ3v) is 4.96. The number of ether oxygens (including phenoxy) is 1. The van der Waals surface area contributed by atoms with Crippen molar-refractivity contribution in [2.24, 2.45) is 11.8 Å². The van der Waals surface area contributed by atoms with E-state index in [9.17, 15) is 9.59 Å². The minimum absolute atomic E-state index is 0.0910. The molecule has 0 radical (unpaired) electrons. The summed E-state index contributed by atoms with van der Waals surface area (Å²) in [5, 5.41) is 5.77. The zero-order valence-corrected chi connectivity index (χ0v) is 19.7. The molecule has 2 rings (SSSR count). The van der Waals surface area contributed by atoms with Crippen molar-refractivity contribution >= 4 is 17.9 Å². The second kappa shape index (κ2) is 13.4. The van der Waals surface area contributed by atoms with Gasteiger partial charge in [0.05, 0.1) is 0 Å². The number of carbonyl (C=O) groups is 2. The Morgan fingerprint density at radius 1 is 0.812 bits per heavy atom. The predicted molar refractivity (Wildman–Crippen MR) is 130 cm³/mol. The molecular formula is C27H36N2O3. The Hall–Kier alpha value is -3.08. The van der Waals surface area contributed by atoms with Gasteiger partial charge in [-0.1, -0.05) is 76.2 Å². The van der Waals surface area contributed by atoms with Crippen LogP contribution in [-0.4, -0.2) is 24.9 Å². The van der Waals surface area contributed by atoms with Crippen molar-refractivity contribution in [3.63, 3.8) is 0 Å². The maximum atomic E-state index is 12.9. The van der Waals surface area contributed by atoms with E-state index in [1.807, 2.05) is 54.6 Å². The maximum absolute atomic E-state index is 12.9. The molecule has 0 bridgehead atoms. The van der Waals surface area contributed by atoms with Gasteiger partial charge in [-0.15, -0.1) is 0 Å². The Bertz CT molecular complexity index is 861. The molecule has 0 heterocycles. The molecule has 0 aliphatic carbocycles.